The zero-order valence-corrected chi connectivity index (χ0v) is 19.3. The highest BCUT2D eigenvalue weighted by molar-refractivity contribution is 6.00. The minimum absolute atomic E-state index is 0.130. The van der Waals surface area contributed by atoms with Crippen molar-refractivity contribution >= 4 is 11.6 Å². The molecule has 0 fully saturated rings. The Morgan fingerprint density at radius 1 is 1.03 bits per heavy atom. The van der Waals surface area contributed by atoms with Gasteiger partial charge in [-0.25, -0.2) is 4.68 Å². The summed E-state index contributed by atoms with van der Waals surface area (Å²) < 4.78 is 1.81. The quantitative estimate of drug-likeness (QED) is 0.548. The molecule has 32 heavy (non-hydrogen) atoms. The normalized spacial score (nSPS) is 12.7. The number of benzene rings is 2. The van der Waals surface area contributed by atoms with E-state index in [-0.39, 0.29) is 5.91 Å². The number of carbonyl (C=O) groups excluding carboxylic acids is 1. The number of rotatable bonds is 8. The van der Waals surface area contributed by atoms with Gasteiger partial charge in [-0.3, -0.25) is 4.79 Å². The Morgan fingerprint density at radius 3 is 2.47 bits per heavy atom. The molecule has 0 radical (unpaired) electrons. The molecule has 0 atom stereocenters. The number of hydrogen-bond donors (Lipinski definition) is 1. The fourth-order valence-electron chi connectivity index (χ4n) is 4.68. The van der Waals surface area contributed by atoms with Gasteiger partial charge in [0.2, 0.25) is 5.91 Å². The molecular weight excluding hydrogens is 398 g/mol. The average Bonchev–Trinajstić information content (AvgIpc) is 3.17. The summed E-state index contributed by atoms with van der Waals surface area (Å²) in [5, 5.41) is 12.4. The number of carbonyl (C=O) groups is 1. The van der Waals surface area contributed by atoms with Crippen molar-refractivity contribution in [1.82, 2.24) is 20.3 Å². The maximum atomic E-state index is 13.5. The first-order chi connectivity index (χ1) is 15.6. The van der Waals surface area contributed by atoms with Crippen LogP contribution in [0.4, 0.5) is 5.69 Å². The van der Waals surface area contributed by atoms with Crippen LogP contribution in [0, 0.1) is 0 Å². The van der Waals surface area contributed by atoms with Gasteiger partial charge in [0, 0.05) is 37.2 Å². The fourth-order valence-corrected chi connectivity index (χ4v) is 4.68. The molecule has 0 aliphatic carbocycles. The Balaban J connectivity index is 1.66. The summed E-state index contributed by atoms with van der Waals surface area (Å²) in [6, 6.07) is 16.8. The Labute approximate surface area is 190 Å². The molecule has 168 valence electrons. The van der Waals surface area contributed by atoms with Gasteiger partial charge in [-0.05, 0) is 24.5 Å². The second-order valence-corrected chi connectivity index (χ2v) is 8.54. The first kappa shape index (κ1) is 22.2. The molecule has 1 aliphatic rings. The van der Waals surface area contributed by atoms with Gasteiger partial charge >= 0.3 is 0 Å². The van der Waals surface area contributed by atoms with Gasteiger partial charge in [0.1, 0.15) is 5.69 Å². The molecule has 2 aromatic carbocycles. The molecule has 3 aromatic rings. The molecule has 0 unspecified atom stereocenters. The molecule has 1 aromatic heterocycles. The molecule has 0 spiro atoms. The highest BCUT2D eigenvalue weighted by atomic mass is 16.2. The standard InChI is InChI=1S/C26H33N5O/c1-4-10-20(11-5-2)27-17-16-24(32)31-18-19-12-6-7-13-21(19)25-26(30(3)29-28-25)22-14-8-9-15-23(22)31/h6-9,12-15,20,27H,4-5,10-11,16-18H2,1-3H3. The van der Waals surface area contributed by atoms with E-state index >= 15 is 0 Å². The Hall–Kier alpha value is -2.99. The lowest BCUT2D eigenvalue weighted by molar-refractivity contribution is -0.118. The van der Waals surface area contributed by atoms with Crippen molar-refractivity contribution in [1.29, 1.82) is 0 Å². The minimum atomic E-state index is 0.130. The van der Waals surface area contributed by atoms with Crippen LogP contribution in [0.15, 0.2) is 48.5 Å². The van der Waals surface area contributed by atoms with Crippen molar-refractivity contribution in [2.24, 2.45) is 7.05 Å². The van der Waals surface area contributed by atoms with Crippen LogP contribution in [-0.4, -0.2) is 33.5 Å². The maximum absolute atomic E-state index is 13.5. The van der Waals surface area contributed by atoms with Crippen LogP contribution in [0.1, 0.15) is 51.5 Å². The smallest absolute Gasteiger partial charge is 0.228 e. The minimum Gasteiger partial charge on any atom is -0.313 e. The molecule has 6 heteroatoms. The third-order valence-corrected chi connectivity index (χ3v) is 6.22. The van der Waals surface area contributed by atoms with Crippen molar-refractivity contribution in [3.8, 4) is 22.5 Å². The van der Waals surface area contributed by atoms with Gasteiger partial charge in [0.05, 0.1) is 17.9 Å². The van der Waals surface area contributed by atoms with E-state index in [0.717, 1.165) is 59.4 Å². The summed E-state index contributed by atoms with van der Waals surface area (Å²) in [5.41, 5.74) is 5.82. The van der Waals surface area contributed by atoms with E-state index in [1.165, 1.54) is 0 Å². The van der Waals surface area contributed by atoms with Crippen molar-refractivity contribution in [2.45, 2.75) is 58.5 Å². The zero-order valence-electron chi connectivity index (χ0n) is 19.3. The summed E-state index contributed by atoms with van der Waals surface area (Å²) in [4.78, 5) is 15.4. The SMILES string of the molecule is CCCC(CCC)NCCC(=O)N1Cc2ccccc2-c2nnn(C)c2-c2ccccc21. The highest BCUT2D eigenvalue weighted by Gasteiger charge is 2.28. The first-order valence-electron chi connectivity index (χ1n) is 11.7. The Bertz CT molecular complexity index is 1070. The van der Waals surface area contributed by atoms with Crippen LogP contribution < -0.4 is 10.2 Å². The second kappa shape index (κ2) is 10.1. The van der Waals surface area contributed by atoms with Gasteiger partial charge in [-0.15, -0.1) is 5.10 Å². The van der Waals surface area contributed by atoms with Crippen LogP contribution in [0.2, 0.25) is 0 Å². The summed E-state index contributed by atoms with van der Waals surface area (Å²) in [6.45, 7) is 5.65. The number of fused-ring (bicyclic) bond motifs is 5. The van der Waals surface area contributed by atoms with E-state index in [1.807, 2.05) is 42.3 Å². The van der Waals surface area contributed by atoms with Crippen LogP contribution in [-0.2, 0) is 18.4 Å². The van der Waals surface area contributed by atoms with E-state index in [1.54, 1.807) is 4.68 Å². The number of nitrogens with one attached hydrogen (secondary N) is 1. The fraction of sp³-hybridized carbons (Fsp3) is 0.423. The summed E-state index contributed by atoms with van der Waals surface area (Å²) in [7, 11) is 1.91. The number of nitrogens with zero attached hydrogens (tertiary/aromatic N) is 4. The lowest BCUT2D eigenvalue weighted by atomic mass is 9.95. The topological polar surface area (TPSA) is 63.1 Å². The highest BCUT2D eigenvalue weighted by Crippen LogP contribution is 2.40. The summed E-state index contributed by atoms with van der Waals surface area (Å²) in [5.74, 6) is 0.130. The molecular formula is C26H33N5O. The van der Waals surface area contributed by atoms with Crippen LogP contribution >= 0.6 is 0 Å². The van der Waals surface area contributed by atoms with Crippen molar-refractivity contribution in [3.05, 3.63) is 54.1 Å². The zero-order chi connectivity index (χ0) is 22.5. The number of hydrogen-bond acceptors (Lipinski definition) is 4. The maximum Gasteiger partial charge on any atom is 0.228 e. The van der Waals surface area contributed by atoms with Gasteiger partial charge in [-0.1, -0.05) is 74.4 Å². The second-order valence-electron chi connectivity index (χ2n) is 8.54. The van der Waals surface area contributed by atoms with Crippen LogP contribution in [0.5, 0.6) is 0 Å². The molecule has 1 aliphatic heterocycles. The summed E-state index contributed by atoms with van der Waals surface area (Å²) >= 11 is 0. The van der Waals surface area contributed by atoms with Gasteiger partial charge in [0.15, 0.2) is 0 Å². The largest absolute Gasteiger partial charge is 0.313 e. The van der Waals surface area contributed by atoms with Crippen molar-refractivity contribution < 1.29 is 4.79 Å². The monoisotopic (exact) mass is 431 g/mol. The molecule has 0 saturated carbocycles. The number of amides is 1. The molecule has 1 N–H and O–H groups in total. The van der Waals surface area contributed by atoms with Crippen molar-refractivity contribution in [2.75, 3.05) is 11.4 Å². The molecule has 0 bridgehead atoms. The molecule has 4 rings (SSSR count). The lowest BCUT2D eigenvalue weighted by Crippen LogP contribution is -2.36. The van der Waals surface area contributed by atoms with E-state index in [9.17, 15) is 4.79 Å². The van der Waals surface area contributed by atoms with E-state index < -0.39 is 0 Å². The number of aryl methyl sites for hydroxylation is 1. The average molecular weight is 432 g/mol. The predicted octanol–water partition coefficient (Wildman–Crippen LogP) is 4.94. The first-order valence-corrected chi connectivity index (χ1v) is 11.7. The van der Waals surface area contributed by atoms with Crippen LogP contribution in [0.3, 0.4) is 0 Å². The van der Waals surface area contributed by atoms with Gasteiger partial charge < -0.3 is 10.2 Å². The van der Waals surface area contributed by atoms with Crippen molar-refractivity contribution in [3.63, 3.8) is 0 Å². The molecule has 0 saturated heterocycles. The number of aromatic nitrogens is 3. The van der Waals surface area contributed by atoms with E-state index in [0.29, 0.717) is 25.6 Å². The molecule has 1 amide bonds. The number of para-hydroxylation sites is 1. The molecule has 2 heterocycles. The van der Waals surface area contributed by atoms with E-state index in [4.69, 9.17) is 0 Å². The third kappa shape index (κ3) is 4.46. The predicted molar refractivity (Wildman–Crippen MR) is 129 cm³/mol. The van der Waals surface area contributed by atoms with Crippen LogP contribution in [0.25, 0.3) is 22.5 Å². The summed E-state index contributed by atoms with van der Waals surface area (Å²) in [6.07, 6.45) is 5.08. The van der Waals surface area contributed by atoms with Gasteiger partial charge in [0.25, 0.3) is 0 Å². The Morgan fingerprint density at radius 2 is 1.72 bits per heavy atom. The third-order valence-electron chi connectivity index (χ3n) is 6.22. The number of anilines is 1. The van der Waals surface area contributed by atoms with E-state index in [2.05, 4.69) is 47.7 Å². The lowest BCUT2D eigenvalue weighted by Gasteiger charge is -2.29. The Kier molecular flexibility index (Phi) is 7.00. The molecule has 6 nitrogen and oxygen atoms in total. The van der Waals surface area contributed by atoms with Gasteiger partial charge in [-0.2, -0.15) is 0 Å².